The van der Waals surface area contributed by atoms with Gasteiger partial charge in [-0.15, -0.1) is 11.3 Å². The lowest BCUT2D eigenvalue weighted by atomic mass is 9.96. The maximum absolute atomic E-state index is 13.3. The Kier molecular flexibility index (Phi) is 6.48. The first-order valence-electron chi connectivity index (χ1n) is 11.5. The predicted octanol–water partition coefficient (Wildman–Crippen LogP) is 6.76. The van der Waals surface area contributed by atoms with Crippen LogP contribution in [0.2, 0.25) is 0 Å². The molecule has 2 aromatic carbocycles. The molecular weight excluding hydrogens is 503 g/mol. The summed E-state index contributed by atoms with van der Waals surface area (Å²) < 4.78 is 51.0. The zero-order valence-electron chi connectivity index (χ0n) is 19.6. The van der Waals surface area contributed by atoms with Gasteiger partial charge in [-0.3, -0.25) is 4.79 Å². The molecule has 0 aliphatic heterocycles. The molecule has 2 heterocycles. The Bertz CT molecular complexity index is 1630. The van der Waals surface area contributed by atoms with Crippen molar-refractivity contribution >= 4 is 38.9 Å². The standard InChI is InChI=1S/C27H20F3N3O3S/c1-35-21-10-4-6-15-12-19(24(34)32-17-8-5-7-16(13-17)27(28,29)30)25(36-23(15)21)33-26-20(14-31)18-9-2-3-11-22(18)37-26/h4-8,10,12-13H,2-3,9,11H2,1H3,(H,32,34)/b33-25-. The highest BCUT2D eigenvalue weighted by Gasteiger charge is 2.30. The van der Waals surface area contributed by atoms with E-state index in [1.165, 1.54) is 30.6 Å². The van der Waals surface area contributed by atoms with Gasteiger partial charge in [0.2, 0.25) is 5.55 Å². The molecular formula is C27H20F3N3O3S. The van der Waals surface area contributed by atoms with Crippen LogP contribution in [0, 0.1) is 11.3 Å². The molecule has 0 spiro atoms. The number of methoxy groups -OCH3 is 1. The topological polar surface area (TPSA) is 87.6 Å². The smallest absolute Gasteiger partial charge is 0.416 e. The minimum absolute atomic E-state index is 0.00780. The van der Waals surface area contributed by atoms with Crippen LogP contribution >= 0.6 is 11.3 Å². The normalized spacial score (nSPS) is 13.8. The van der Waals surface area contributed by atoms with Gasteiger partial charge >= 0.3 is 6.18 Å². The number of alkyl halides is 3. The van der Waals surface area contributed by atoms with Gasteiger partial charge < -0.3 is 14.5 Å². The summed E-state index contributed by atoms with van der Waals surface area (Å²) in [4.78, 5) is 19.0. The Hall–Kier alpha value is -4.10. The minimum Gasteiger partial charge on any atom is -0.493 e. The monoisotopic (exact) mass is 523 g/mol. The van der Waals surface area contributed by atoms with Gasteiger partial charge in [0, 0.05) is 16.0 Å². The van der Waals surface area contributed by atoms with Gasteiger partial charge in [0.25, 0.3) is 5.91 Å². The number of hydrogen-bond donors (Lipinski definition) is 1. The first-order valence-corrected chi connectivity index (χ1v) is 12.3. The third-order valence-electron chi connectivity index (χ3n) is 6.12. The van der Waals surface area contributed by atoms with E-state index >= 15 is 0 Å². The number of nitrogens with zero attached hydrogens (tertiary/aromatic N) is 2. The fourth-order valence-corrected chi connectivity index (χ4v) is 5.55. The number of para-hydroxylation sites is 1. The number of amides is 1. The molecule has 1 N–H and O–H groups in total. The number of rotatable bonds is 4. The molecule has 188 valence electrons. The molecule has 37 heavy (non-hydrogen) atoms. The van der Waals surface area contributed by atoms with E-state index in [0.717, 1.165) is 48.3 Å². The lowest BCUT2D eigenvalue weighted by molar-refractivity contribution is -0.137. The third-order valence-corrected chi connectivity index (χ3v) is 7.30. The van der Waals surface area contributed by atoms with Crippen LogP contribution in [0.5, 0.6) is 5.75 Å². The zero-order chi connectivity index (χ0) is 26.2. The van der Waals surface area contributed by atoms with Gasteiger partial charge in [0.05, 0.1) is 18.2 Å². The van der Waals surface area contributed by atoms with Gasteiger partial charge in [-0.25, -0.2) is 4.99 Å². The molecule has 2 aromatic heterocycles. The molecule has 1 amide bonds. The summed E-state index contributed by atoms with van der Waals surface area (Å²) >= 11 is 1.39. The fraction of sp³-hybridized carbons (Fsp3) is 0.222. The van der Waals surface area contributed by atoms with E-state index in [9.17, 15) is 23.2 Å². The molecule has 4 aromatic rings. The molecule has 10 heteroatoms. The van der Waals surface area contributed by atoms with Crippen LogP contribution in [0.1, 0.15) is 44.8 Å². The van der Waals surface area contributed by atoms with Gasteiger partial charge in [-0.1, -0.05) is 18.2 Å². The number of anilines is 1. The first-order chi connectivity index (χ1) is 17.8. The Morgan fingerprint density at radius 2 is 1.95 bits per heavy atom. The number of nitrogens with one attached hydrogen (secondary N) is 1. The van der Waals surface area contributed by atoms with Crippen molar-refractivity contribution in [3.05, 3.63) is 81.2 Å². The van der Waals surface area contributed by atoms with E-state index in [2.05, 4.69) is 16.4 Å². The molecule has 0 unspecified atom stereocenters. The SMILES string of the molecule is COc1cccc2cc(C(=O)Nc3cccc(C(F)(F)F)c3)/c(=N/c3sc4c(c3C#N)CCCC4)oc12. The highest BCUT2D eigenvalue weighted by atomic mass is 32.1. The van der Waals surface area contributed by atoms with Gasteiger partial charge in [0.15, 0.2) is 11.3 Å². The van der Waals surface area contributed by atoms with Crippen LogP contribution in [-0.2, 0) is 19.0 Å². The molecule has 1 aliphatic rings. The average Bonchev–Trinajstić information content (AvgIpc) is 3.24. The molecule has 0 saturated carbocycles. The van der Waals surface area contributed by atoms with Crippen molar-refractivity contribution < 1.29 is 27.1 Å². The van der Waals surface area contributed by atoms with Crippen LogP contribution in [0.3, 0.4) is 0 Å². The summed E-state index contributed by atoms with van der Waals surface area (Å²) in [5, 5.41) is 13.3. The largest absolute Gasteiger partial charge is 0.493 e. The van der Waals surface area contributed by atoms with Crippen molar-refractivity contribution in [3.63, 3.8) is 0 Å². The highest BCUT2D eigenvalue weighted by Crippen LogP contribution is 2.39. The van der Waals surface area contributed by atoms with Crippen molar-refractivity contribution in [2.24, 2.45) is 4.99 Å². The zero-order valence-corrected chi connectivity index (χ0v) is 20.4. The van der Waals surface area contributed by atoms with Crippen molar-refractivity contribution in [1.82, 2.24) is 0 Å². The number of carbonyl (C=O) groups is 1. The summed E-state index contributed by atoms with van der Waals surface area (Å²) in [5.41, 5.74) is 0.807. The van der Waals surface area contributed by atoms with Crippen LogP contribution in [0.4, 0.5) is 23.9 Å². The number of aryl methyl sites for hydroxylation is 1. The lowest BCUT2D eigenvalue weighted by Gasteiger charge is -2.11. The Balaban J connectivity index is 1.66. The lowest BCUT2D eigenvalue weighted by Crippen LogP contribution is -2.22. The molecule has 0 saturated heterocycles. The number of hydrogen-bond acceptors (Lipinski definition) is 6. The fourth-order valence-electron chi connectivity index (χ4n) is 4.34. The van der Waals surface area contributed by atoms with Crippen molar-refractivity contribution in [2.45, 2.75) is 31.9 Å². The Morgan fingerprint density at radius 3 is 2.70 bits per heavy atom. The van der Waals surface area contributed by atoms with Crippen LogP contribution < -0.4 is 15.6 Å². The molecule has 0 atom stereocenters. The molecule has 0 bridgehead atoms. The van der Waals surface area contributed by atoms with Crippen LogP contribution in [0.15, 0.2) is 57.9 Å². The summed E-state index contributed by atoms with van der Waals surface area (Å²) in [6, 6.07) is 13.3. The number of fused-ring (bicyclic) bond motifs is 2. The highest BCUT2D eigenvalue weighted by molar-refractivity contribution is 7.16. The maximum Gasteiger partial charge on any atom is 0.416 e. The van der Waals surface area contributed by atoms with E-state index in [4.69, 9.17) is 9.15 Å². The maximum atomic E-state index is 13.3. The quantitative estimate of drug-likeness (QED) is 0.320. The Morgan fingerprint density at radius 1 is 1.16 bits per heavy atom. The molecule has 1 aliphatic carbocycles. The number of ether oxygens (including phenoxy) is 1. The molecule has 0 fully saturated rings. The minimum atomic E-state index is -4.55. The van der Waals surface area contributed by atoms with Crippen molar-refractivity contribution in [3.8, 4) is 11.8 Å². The number of nitriles is 1. The summed E-state index contributed by atoms with van der Waals surface area (Å²) in [6.45, 7) is 0. The van der Waals surface area contributed by atoms with E-state index < -0.39 is 17.6 Å². The number of halogens is 3. The number of benzene rings is 2. The van der Waals surface area contributed by atoms with Gasteiger partial charge in [-0.05, 0) is 61.6 Å². The molecule has 5 rings (SSSR count). The second-order valence-corrected chi connectivity index (χ2v) is 9.57. The summed E-state index contributed by atoms with van der Waals surface area (Å²) in [7, 11) is 1.48. The van der Waals surface area contributed by atoms with E-state index in [1.807, 2.05) is 0 Å². The predicted molar refractivity (Wildman–Crippen MR) is 133 cm³/mol. The van der Waals surface area contributed by atoms with Crippen molar-refractivity contribution in [1.29, 1.82) is 5.26 Å². The third kappa shape index (κ3) is 4.82. The second kappa shape index (κ2) is 9.75. The van der Waals surface area contributed by atoms with E-state index in [0.29, 0.717) is 27.3 Å². The summed E-state index contributed by atoms with van der Waals surface area (Å²) in [5.74, 6) is -0.281. The van der Waals surface area contributed by atoms with Gasteiger partial charge in [0.1, 0.15) is 16.6 Å². The Labute approximate surface area is 213 Å². The number of carbonyl (C=O) groups excluding carboxylic acids is 1. The van der Waals surface area contributed by atoms with E-state index in [1.54, 1.807) is 24.3 Å². The van der Waals surface area contributed by atoms with Crippen molar-refractivity contribution in [2.75, 3.05) is 12.4 Å². The van der Waals surface area contributed by atoms with Crippen LogP contribution in [-0.4, -0.2) is 13.0 Å². The van der Waals surface area contributed by atoms with Crippen LogP contribution in [0.25, 0.3) is 11.0 Å². The summed E-state index contributed by atoms with van der Waals surface area (Å²) in [6.07, 6.45) is -0.895. The second-order valence-electron chi connectivity index (χ2n) is 8.49. The number of thiophene rings is 1. The van der Waals surface area contributed by atoms with E-state index in [-0.39, 0.29) is 16.8 Å². The first kappa shape index (κ1) is 24.6. The van der Waals surface area contributed by atoms with Gasteiger partial charge in [-0.2, -0.15) is 18.4 Å². The average molecular weight is 524 g/mol. The molecule has 6 nitrogen and oxygen atoms in total. The molecule has 0 radical (unpaired) electrons.